The topological polar surface area (TPSA) is 62.3 Å². The monoisotopic (exact) mass is 331 g/mol. The first-order valence-corrected chi connectivity index (χ1v) is 9.90. The Morgan fingerprint density at radius 3 is 2.81 bits per heavy atom. The van der Waals surface area contributed by atoms with Gasteiger partial charge in [0.2, 0.25) is 0 Å². The first kappa shape index (κ1) is 16.9. The maximum Gasteiger partial charge on any atom is 0.254 e. The molecule has 1 saturated heterocycles. The van der Waals surface area contributed by atoms with Crippen LogP contribution in [0.5, 0.6) is 0 Å². The summed E-state index contributed by atoms with van der Waals surface area (Å²) in [4.78, 5) is 4.07. The Morgan fingerprint density at radius 1 is 1.48 bits per heavy atom. The molecule has 1 aliphatic rings. The van der Waals surface area contributed by atoms with E-state index in [1.165, 1.54) is 17.5 Å². The molecule has 0 amide bonds. The normalized spacial score (nSPS) is 24.3. The number of nitrogens with one attached hydrogen (secondary N) is 1. The summed E-state index contributed by atoms with van der Waals surface area (Å²) in [6.07, 6.45) is 4.47. The molecule has 2 rings (SSSR count). The molecule has 2 atom stereocenters. The SMILES string of the molecule is CCCNC1CCN(S(=O)(=O)c2cnc(C)s2)CC1CC. The number of hydrogen-bond donors (Lipinski definition) is 1. The van der Waals surface area contributed by atoms with E-state index in [0.29, 0.717) is 29.3 Å². The maximum atomic E-state index is 12.7. The zero-order valence-corrected chi connectivity index (χ0v) is 14.6. The van der Waals surface area contributed by atoms with Gasteiger partial charge in [-0.1, -0.05) is 20.3 Å². The highest BCUT2D eigenvalue weighted by molar-refractivity contribution is 7.91. The molecule has 0 aliphatic carbocycles. The molecule has 7 heteroatoms. The van der Waals surface area contributed by atoms with Crippen LogP contribution in [-0.2, 0) is 10.0 Å². The highest BCUT2D eigenvalue weighted by Gasteiger charge is 2.35. The Kier molecular flexibility index (Phi) is 5.76. The van der Waals surface area contributed by atoms with Crippen LogP contribution in [0.1, 0.15) is 38.1 Å². The molecular weight excluding hydrogens is 306 g/mol. The van der Waals surface area contributed by atoms with Crippen molar-refractivity contribution in [2.45, 2.75) is 50.3 Å². The number of aryl methyl sites for hydroxylation is 1. The molecule has 0 radical (unpaired) electrons. The van der Waals surface area contributed by atoms with E-state index in [0.717, 1.165) is 30.8 Å². The van der Waals surface area contributed by atoms with Gasteiger partial charge in [-0.15, -0.1) is 11.3 Å². The first-order chi connectivity index (χ1) is 9.98. The van der Waals surface area contributed by atoms with E-state index in [2.05, 4.69) is 24.1 Å². The third-order valence-corrected chi connectivity index (χ3v) is 7.29. The lowest BCUT2D eigenvalue weighted by molar-refractivity contribution is 0.202. The predicted molar refractivity (Wildman–Crippen MR) is 86.1 cm³/mol. The summed E-state index contributed by atoms with van der Waals surface area (Å²) < 4.78 is 27.3. The summed E-state index contributed by atoms with van der Waals surface area (Å²) in [6.45, 7) is 8.33. The van der Waals surface area contributed by atoms with Gasteiger partial charge in [0.05, 0.1) is 11.2 Å². The first-order valence-electron chi connectivity index (χ1n) is 7.65. The summed E-state index contributed by atoms with van der Waals surface area (Å²) in [5, 5.41) is 4.35. The van der Waals surface area contributed by atoms with Crippen LogP contribution in [0.3, 0.4) is 0 Å². The van der Waals surface area contributed by atoms with Crippen molar-refractivity contribution in [3.05, 3.63) is 11.2 Å². The average molecular weight is 332 g/mol. The van der Waals surface area contributed by atoms with Gasteiger partial charge in [0, 0.05) is 19.1 Å². The third-order valence-electron chi connectivity index (χ3n) is 4.07. The minimum absolute atomic E-state index is 0.370. The molecule has 0 bridgehead atoms. The number of thiazole rings is 1. The molecule has 1 N–H and O–H groups in total. The second-order valence-electron chi connectivity index (χ2n) is 5.58. The van der Waals surface area contributed by atoms with Gasteiger partial charge in [-0.2, -0.15) is 4.31 Å². The molecule has 0 saturated carbocycles. The van der Waals surface area contributed by atoms with Crippen molar-refractivity contribution < 1.29 is 8.42 Å². The lowest BCUT2D eigenvalue weighted by Crippen LogP contribution is -2.50. The van der Waals surface area contributed by atoms with Gasteiger partial charge in [-0.25, -0.2) is 13.4 Å². The van der Waals surface area contributed by atoms with Gasteiger partial charge in [0.1, 0.15) is 0 Å². The second kappa shape index (κ2) is 7.17. The van der Waals surface area contributed by atoms with Crippen molar-refractivity contribution in [2.24, 2.45) is 5.92 Å². The number of rotatable bonds is 6. The lowest BCUT2D eigenvalue weighted by Gasteiger charge is -2.37. The fourth-order valence-corrected chi connectivity index (χ4v) is 5.59. The summed E-state index contributed by atoms with van der Waals surface area (Å²) in [5.74, 6) is 0.383. The summed E-state index contributed by atoms with van der Waals surface area (Å²) in [7, 11) is -3.37. The summed E-state index contributed by atoms with van der Waals surface area (Å²) in [6, 6.07) is 0.435. The van der Waals surface area contributed by atoms with Crippen molar-refractivity contribution in [2.75, 3.05) is 19.6 Å². The summed E-state index contributed by atoms with van der Waals surface area (Å²) >= 11 is 1.26. The Bertz CT molecular complexity index is 556. The molecule has 1 aromatic heterocycles. The molecule has 120 valence electrons. The highest BCUT2D eigenvalue weighted by atomic mass is 32.2. The van der Waals surface area contributed by atoms with Gasteiger partial charge in [0.25, 0.3) is 10.0 Å². The number of sulfonamides is 1. The van der Waals surface area contributed by atoms with E-state index in [-0.39, 0.29) is 0 Å². The number of aromatic nitrogens is 1. The van der Waals surface area contributed by atoms with E-state index >= 15 is 0 Å². The Hall–Kier alpha value is -0.500. The molecule has 1 aromatic rings. The van der Waals surface area contributed by atoms with Crippen LogP contribution in [0, 0.1) is 12.8 Å². The van der Waals surface area contributed by atoms with Crippen LogP contribution < -0.4 is 5.32 Å². The van der Waals surface area contributed by atoms with Gasteiger partial charge in [-0.3, -0.25) is 0 Å². The highest BCUT2D eigenvalue weighted by Crippen LogP contribution is 2.28. The molecule has 1 fully saturated rings. The van der Waals surface area contributed by atoms with E-state index < -0.39 is 10.0 Å². The average Bonchev–Trinajstić information content (AvgIpc) is 2.92. The van der Waals surface area contributed by atoms with Crippen LogP contribution >= 0.6 is 11.3 Å². The van der Waals surface area contributed by atoms with Crippen LogP contribution in [0.25, 0.3) is 0 Å². The van der Waals surface area contributed by atoms with Gasteiger partial charge in [0.15, 0.2) is 4.21 Å². The number of nitrogens with zero attached hydrogens (tertiary/aromatic N) is 2. The van der Waals surface area contributed by atoms with Crippen molar-refractivity contribution in [3.8, 4) is 0 Å². The summed E-state index contributed by atoms with van der Waals surface area (Å²) in [5.41, 5.74) is 0. The fourth-order valence-electron chi connectivity index (χ4n) is 2.82. The van der Waals surface area contributed by atoms with Crippen LogP contribution in [0.4, 0.5) is 0 Å². The molecule has 0 aromatic carbocycles. The number of piperidine rings is 1. The van der Waals surface area contributed by atoms with Crippen molar-refractivity contribution in [1.29, 1.82) is 0 Å². The molecule has 21 heavy (non-hydrogen) atoms. The van der Waals surface area contributed by atoms with Crippen LogP contribution in [0.2, 0.25) is 0 Å². The molecule has 0 spiro atoms. The van der Waals surface area contributed by atoms with Gasteiger partial charge >= 0.3 is 0 Å². The van der Waals surface area contributed by atoms with Crippen LogP contribution in [-0.4, -0.2) is 43.4 Å². The zero-order chi connectivity index (χ0) is 15.5. The van der Waals surface area contributed by atoms with Crippen LogP contribution in [0.15, 0.2) is 10.4 Å². The molecule has 2 heterocycles. The maximum absolute atomic E-state index is 12.7. The smallest absolute Gasteiger partial charge is 0.254 e. The van der Waals surface area contributed by atoms with E-state index in [1.807, 2.05) is 6.92 Å². The third kappa shape index (κ3) is 3.83. The van der Waals surface area contributed by atoms with E-state index in [4.69, 9.17) is 0 Å². The molecular formula is C14H25N3O2S2. The second-order valence-corrected chi connectivity index (χ2v) is 8.98. The van der Waals surface area contributed by atoms with Gasteiger partial charge < -0.3 is 5.32 Å². The molecule has 5 nitrogen and oxygen atoms in total. The molecule has 2 unspecified atom stereocenters. The number of hydrogen-bond acceptors (Lipinski definition) is 5. The van der Waals surface area contributed by atoms with Gasteiger partial charge in [-0.05, 0) is 32.2 Å². The lowest BCUT2D eigenvalue weighted by atomic mass is 9.91. The van der Waals surface area contributed by atoms with E-state index in [1.54, 1.807) is 4.31 Å². The largest absolute Gasteiger partial charge is 0.314 e. The van der Waals surface area contributed by atoms with Crippen molar-refractivity contribution >= 4 is 21.4 Å². The fraction of sp³-hybridized carbons (Fsp3) is 0.786. The minimum atomic E-state index is -3.37. The predicted octanol–water partition coefficient (Wildman–Crippen LogP) is 2.24. The zero-order valence-electron chi connectivity index (χ0n) is 13.0. The Balaban J connectivity index is 2.09. The Morgan fingerprint density at radius 2 is 2.24 bits per heavy atom. The van der Waals surface area contributed by atoms with Crippen molar-refractivity contribution in [3.63, 3.8) is 0 Å². The minimum Gasteiger partial charge on any atom is -0.314 e. The standard InChI is InChI=1S/C14H25N3O2S2/c1-4-7-15-13-6-8-17(10-12(13)5-2)21(18,19)14-9-16-11(3)20-14/h9,12-13,15H,4-8,10H2,1-3H3. The van der Waals surface area contributed by atoms with E-state index in [9.17, 15) is 8.42 Å². The molecule has 1 aliphatic heterocycles. The van der Waals surface area contributed by atoms with Crippen molar-refractivity contribution in [1.82, 2.24) is 14.6 Å². The quantitative estimate of drug-likeness (QED) is 0.868. The Labute approximate surface area is 131 Å².